The second-order valence-corrected chi connectivity index (χ2v) is 17.7. The molecule has 0 aliphatic carbocycles. The lowest BCUT2D eigenvalue weighted by Gasteiger charge is -2.46. The predicted molar refractivity (Wildman–Crippen MR) is 226 cm³/mol. The minimum absolute atomic E-state index is 0.0164. The van der Waals surface area contributed by atoms with E-state index in [4.69, 9.17) is 37.9 Å². The van der Waals surface area contributed by atoms with Gasteiger partial charge in [0.2, 0.25) is 0 Å². The molecule has 0 radical (unpaired) electrons. The average Bonchev–Trinajstić information content (AvgIpc) is 3.28. The van der Waals surface area contributed by atoms with Crippen molar-refractivity contribution >= 4 is 0 Å². The van der Waals surface area contributed by atoms with Crippen molar-refractivity contribution in [2.75, 3.05) is 26.4 Å². The van der Waals surface area contributed by atoms with Gasteiger partial charge in [0, 0.05) is 0 Å². The molecule has 4 saturated heterocycles. The normalized spacial score (nSPS) is 42.2. The van der Waals surface area contributed by atoms with Crippen LogP contribution >= 0.6 is 0 Å². The number of ether oxygens (including phenoxy) is 8. The second-order valence-electron chi connectivity index (χ2n) is 17.7. The van der Waals surface area contributed by atoms with Gasteiger partial charge in [0.25, 0.3) is 0 Å². The highest BCUT2D eigenvalue weighted by Crippen LogP contribution is 2.32. The first-order valence-electron chi connectivity index (χ1n) is 22.2. The lowest BCUT2D eigenvalue weighted by molar-refractivity contribution is -0.363. The van der Waals surface area contributed by atoms with Gasteiger partial charge in [-0.15, -0.1) is 6.58 Å². The monoisotopic (exact) mass is 938 g/mol. The third kappa shape index (κ3) is 14.8. The highest BCUT2D eigenvalue weighted by Gasteiger charge is 2.52. The first-order chi connectivity index (χ1) is 30.7. The summed E-state index contributed by atoms with van der Waals surface area (Å²) in [5.74, 6) is 0. The maximum Gasteiger partial charge on any atom is 0.187 e. The minimum Gasteiger partial charge on any atom is -0.394 e. The van der Waals surface area contributed by atoms with Gasteiger partial charge in [-0.2, -0.15) is 0 Å². The van der Waals surface area contributed by atoms with Crippen LogP contribution in [0.25, 0.3) is 0 Å². The zero-order valence-electron chi connectivity index (χ0n) is 37.7. The summed E-state index contributed by atoms with van der Waals surface area (Å²) in [6.07, 6.45) is -18.1. The third-order valence-corrected chi connectivity index (χ3v) is 12.4. The van der Waals surface area contributed by atoms with Gasteiger partial charge < -0.3 is 104 Å². The van der Waals surface area contributed by atoms with Crippen molar-refractivity contribution in [1.82, 2.24) is 0 Å². The molecule has 0 aromatic heterocycles. The summed E-state index contributed by atoms with van der Waals surface area (Å²) in [5.41, 5.74) is 1.70. The molecule has 4 rings (SSSR count). The lowest BCUT2D eigenvalue weighted by atomic mass is 9.96. The Bertz CT molecular complexity index is 1550. The zero-order chi connectivity index (χ0) is 48.3. The fourth-order valence-electron chi connectivity index (χ4n) is 7.84. The molecule has 376 valence electrons. The van der Waals surface area contributed by atoms with Crippen molar-refractivity contribution in [3.63, 3.8) is 0 Å². The Labute approximate surface area is 379 Å². The Morgan fingerprint density at radius 3 is 1.71 bits per heavy atom. The van der Waals surface area contributed by atoms with Crippen LogP contribution in [0.2, 0.25) is 0 Å². The molecule has 4 aliphatic rings. The second kappa shape index (κ2) is 25.6. The van der Waals surface area contributed by atoms with Crippen LogP contribution in [0.4, 0.5) is 0 Å². The molecule has 65 heavy (non-hydrogen) atoms. The first kappa shape index (κ1) is 55.7. The van der Waals surface area contributed by atoms with E-state index in [0.717, 1.165) is 16.7 Å². The molecule has 0 aromatic carbocycles. The average molecular weight is 939 g/mol. The van der Waals surface area contributed by atoms with Gasteiger partial charge in [-0.25, -0.2) is 0 Å². The molecule has 4 aliphatic heterocycles. The Hall–Kier alpha value is -1.88. The molecule has 0 amide bonds. The van der Waals surface area contributed by atoms with Gasteiger partial charge in [0.1, 0.15) is 85.5 Å². The summed E-state index contributed by atoms with van der Waals surface area (Å²) >= 11 is 0. The van der Waals surface area contributed by atoms with E-state index < -0.39 is 142 Å². The zero-order valence-corrected chi connectivity index (χ0v) is 37.7. The fourth-order valence-corrected chi connectivity index (χ4v) is 7.84. The highest BCUT2D eigenvalue weighted by atomic mass is 16.8. The van der Waals surface area contributed by atoms with Crippen molar-refractivity contribution in [3.05, 3.63) is 47.6 Å². The van der Waals surface area contributed by atoms with E-state index in [-0.39, 0.29) is 13.2 Å². The molecule has 21 atom stereocenters. The van der Waals surface area contributed by atoms with Crippen LogP contribution in [0.3, 0.4) is 0 Å². The van der Waals surface area contributed by atoms with Crippen LogP contribution in [-0.2, 0) is 37.9 Å². The van der Waals surface area contributed by atoms with Crippen LogP contribution in [0.15, 0.2) is 47.6 Å². The highest BCUT2D eigenvalue weighted by molar-refractivity contribution is 5.09. The van der Waals surface area contributed by atoms with Gasteiger partial charge in [0.05, 0.1) is 44.2 Å². The first-order valence-corrected chi connectivity index (χ1v) is 22.2. The van der Waals surface area contributed by atoms with Crippen molar-refractivity contribution in [3.8, 4) is 0 Å². The Balaban J connectivity index is 1.28. The molecule has 21 nitrogen and oxygen atoms in total. The van der Waals surface area contributed by atoms with E-state index in [1.807, 2.05) is 26.0 Å². The van der Waals surface area contributed by atoms with E-state index in [1.54, 1.807) is 6.92 Å². The van der Waals surface area contributed by atoms with E-state index in [2.05, 4.69) is 12.7 Å². The molecule has 4 fully saturated rings. The quantitative estimate of drug-likeness (QED) is 0.0496. The number of hydrogen-bond donors (Lipinski definition) is 13. The molecule has 0 saturated carbocycles. The summed E-state index contributed by atoms with van der Waals surface area (Å²) in [5, 5.41) is 134. The van der Waals surface area contributed by atoms with Crippen molar-refractivity contribution in [1.29, 1.82) is 0 Å². The summed E-state index contributed by atoms with van der Waals surface area (Å²) in [4.78, 5) is 0. The molecule has 0 unspecified atom stereocenters. The van der Waals surface area contributed by atoms with Crippen LogP contribution in [0.1, 0.15) is 73.1 Å². The van der Waals surface area contributed by atoms with Gasteiger partial charge in [-0.05, 0) is 78.7 Å². The minimum atomic E-state index is -1.75. The largest absolute Gasteiger partial charge is 0.394 e. The van der Waals surface area contributed by atoms with Gasteiger partial charge in [0.15, 0.2) is 25.2 Å². The topological polar surface area (TPSA) is 337 Å². The number of aliphatic hydroxyl groups excluding tert-OH is 13. The Morgan fingerprint density at radius 1 is 0.569 bits per heavy atom. The van der Waals surface area contributed by atoms with Gasteiger partial charge >= 0.3 is 0 Å². The van der Waals surface area contributed by atoms with Crippen LogP contribution < -0.4 is 0 Å². The maximum absolute atomic E-state index is 11.3. The molecule has 0 bridgehead atoms. The van der Waals surface area contributed by atoms with E-state index in [1.165, 1.54) is 19.9 Å². The maximum atomic E-state index is 11.3. The summed E-state index contributed by atoms with van der Waals surface area (Å²) in [6.45, 7) is 11.0. The van der Waals surface area contributed by atoms with Crippen LogP contribution in [0, 0.1) is 0 Å². The predicted octanol–water partition coefficient (Wildman–Crippen LogP) is -2.58. The molecule has 0 spiro atoms. The molecule has 21 heteroatoms. The van der Waals surface area contributed by atoms with Crippen molar-refractivity contribution in [2.24, 2.45) is 0 Å². The molecular weight excluding hydrogens is 864 g/mol. The molecular formula is C44H74O21. The molecule has 4 heterocycles. The number of allylic oxidation sites excluding steroid dienone is 4. The van der Waals surface area contributed by atoms with E-state index in [9.17, 15) is 66.4 Å². The summed E-state index contributed by atoms with van der Waals surface area (Å²) in [6, 6.07) is 0. The Morgan fingerprint density at radius 2 is 1.09 bits per heavy atom. The number of aliphatic hydroxyl groups is 13. The van der Waals surface area contributed by atoms with Gasteiger partial charge in [-0.3, -0.25) is 0 Å². The summed E-state index contributed by atoms with van der Waals surface area (Å²) in [7, 11) is 0. The van der Waals surface area contributed by atoms with Crippen molar-refractivity contribution in [2.45, 2.75) is 202 Å². The van der Waals surface area contributed by atoms with Crippen LogP contribution in [0.5, 0.6) is 0 Å². The summed E-state index contributed by atoms with van der Waals surface area (Å²) < 4.78 is 45.9. The van der Waals surface area contributed by atoms with E-state index in [0.29, 0.717) is 38.5 Å². The SMILES string of the molecule is C=C[C@](C)(CC/C=C(\CO)CC/C=C(\C)CC/C=C(\C)CO[C@@H]1O[C@H](CO[C@@H]2O[C@@H](C)[C@H](O)[C@@H](O)[C@H]2O)[C@@H](O[C@@H]2O[C@@H](C)[C@H](O)[C@@H](O)[C@H]2O)[C@H](O)[C@H]1O)O[C@@H]1O[C@H](CO)[C@@H](O)[C@H](O)[C@H]1O. The van der Waals surface area contributed by atoms with E-state index >= 15 is 0 Å². The lowest BCUT2D eigenvalue weighted by Crippen LogP contribution is -2.64. The molecule has 0 aromatic rings. The third-order valence-electron chi connectivity index (χ3n) is 12.4. The number of hydrogen-bond acceptors (Lipinski definition) is 21. The van der Waals surface area contributed by atoms with Gasteiger partial charge in [-0.1, -0.05) is 35.5 Å². The van der Waals surface area contributed by atoms with Crippen molar-refractivity contribution < 1.29 is 104 Å². The standard InChI is InChI=1S/C44H74O21/c1-7-44(6,65-43-37(56)33(52)30(49)26(18-46)62-43)16-10-15-25(17-45)14-9-12-21(2)11-8-13-22(3)19-58-41-38(57)34(53)39(64-42-36(55)32(51)29(48)24(5)61-42)27(63-41)20-59-40-35(54)31(50)28(47)23(4)60-40/h7,12-13,15,23-24,26-43,45-57H,1,8-11,14,16-20H2,2-6H3/b21-12+,22-13+,25-15-/t23-,24-,26+,27+,28-,29-,30+,31+,32+,33-,34+,35+,36+,37+,38+,39+,40+,41+,42-,43-,44+/m0/s1. The Kier molecular flexibility index (Phi) is 22.0. The smallest absolute Gasteiger partial charge is 0.187 e. The number of rotatable bonds is 22. The fraction of sp³-hybridized carbons (Fsp3) is 0.818. The molecule has 13 N–H and O–H groups in total. The van der Waals surface area contributed by atoms with Crippen LogP contribution in [-0.4, -0.2) is 221 Å².